The average Bonchev–Trinajstić information content (AvgIpc) is 2.68. The predicted octanol–water partition coefficient (Wildman–Crippen LogP) is 3.62. The molecule has 0 spiro atoms. The average molecular weight is 247 g/mol. The lowest BCUT2D eigenvalue weighted by Crippen LogP contribution is -1.60. The molecule has 0 saturated carbocycles. The number of halogens is 2. The fourth-order valence-corrected chi connectivity index (χ4v) is 1.72. The van der Waals surface area contributed by atoms with Crippen molar-refractivity contribution in [2.45, 2.75) is 5.88 Å². The highest BCUT2D eigenvalue weighted by Crippen LogP contribution is 2.18. The van der Waals surface area contributed by atoms with Crippen LogP contribution in [0.2, 0.25) is 4.47 Å². The first-order chi connectivity index (χ1) is 6.83. The molecule has 0 saturated heterocycles. The summed E-state index contributed by atoms with van der Waals surface area (Å²) in [5.41, 5.74) is 0. The third-order valence-corrected chi connectivity index (χ3v) is 2.78. The molecule has 0 bridgehead atoms. The van der Waals surface area contributed by atoms with Crippen LogP contribution in [0.4, 0.5) is 0 Å². The van der Waals surface area contributed by atoms with E-state index >= 15 is 0 Å². The molecular weight excluding hydrogens is 239 g/mol. The third-order valence-electron chi connectivity index (χ3n) is 1.22. The van der Waals surface area contributed by atoms with Crippen molar-refractivity contribution in [2.24, 2.45) is 0 Å². The first-order valence-corrected chi connectivity index (χ1v) is 5.57. The molecule has 2 heterocycles. The molecule has 0 amide bonds. The highest BCUT2D eigenvalue weighted by Gasteiger charge is 1.94. The maximum atomic E-state index is 5.49. The summed E-state index contributed by atoms with van der Waals surface area (Å²) in [5, 5.41) is 0. The Morgan fingerprint density at radius 3 is 2.14 bits per heavy atom. The smallest absolute Gasteiger partial charge is 0.183 e. The van der Waals surface area contributed by atoms with Crippen molar-refractivity contribution in [2.75, 3.05) is 0 Å². The molecule has 0 N–H and O–H groups in total. The Morgan fingerprint density at radius 2 is 1.93 bits per heavy atom. The summed E-state index contributed by atoms with van der Waals surface area (Å²) >= 11 is 12.4. The highest BCUT2D eigenvalue weighted by molar-refractivity contribution is 7.15. The zero-order chi connectivity index (χ0) is 10.2. The topological polar surface area (TPSA) is 25.8 Å². The van der Waals surface area contributed by atoms with Crippen molar-refractivity contribution in [1.82, 2.24) is 9.97 Å². The largest absolute Gasteiger partial charge is 0.265 e. The second kappa shape index (κ2) is 6.76. The van der Waals surface area contributed by atoms with Gasteiger partial charge in [0.2, 0.25) is 0 Å². The van der Waals surface area contributed by atoms with Crippen LogP contribution in [-0.2, 0) is 5.88 Å². The lowest BCUT2D eigenvalue weighted by Gasteiger charge is -1.75. The number of alkyl halides is 1. The zero-order valence-corrected chi connectivity index (χ0v) is 9.56. The normalized spacial score (nSPS) is 9.00. The second-order valence-corrected chi connectivity index (χ2v) is 4.20. The molecule has 0 aliphatic carbocycles. The molecule has 0 aliphatic heterocycles. The summed E-state index contributed by atoms with van der Waals surface area (Å²) in [4.78, 5) is 8.58. The quantitative estimate of drug-likeness (QED) is 0.719. The summed E-state index contributed by atoms with van der Waals surface area (Å²) < 4.78 is 0.556. The number of aromatic nitrogens is 2. The van der Waals surface area contributed by atoms with Gasteiger partial charge in [0.05, 0.1) is 5.88 Å². The van der Waals surface area contributed by atoms with Gasteiger partial charge in [-0.25, -0.2) is 4.98 Å². The Hall–Kier alpha value is -0.640. The van der Waals surface area contributed by atoms with E-state index in [9.17, 15) is 0 Å². The van der Waals surface area contributed by atoms with Crippen LogP contribution in [0.5, 0.6) is 0 Å². The molecule has 74 valence electrons. The van der Waals surface area contributed by atoms with Crippen molar-refractivity contribution in [3.05, 3.63) is 46.1 Å². The number of nitrogens with zero attached hydrogens (tertiary/aromatic N) is 2. The Kier molecular flexibility index (Phi) is 5.52. The highest BCUT2D eigenvalue weighted by atomic mass is 35.5. The van der Waals surface area contributed by atoms with Gasteiger partial charge in [-0.05, 0) is 12.1 Å². The minimum Gasteiger partial charge on any atom is -0.265 e. The molecule has 0 fully saturated rings. The number of hydrogen-bond donors (Lipinski definition) is 0. The van der Waals surface area contributed by atoms with Crippen molar-refractivity contribution in [3.8, 4) is 0 Å². The summed E-state index contributed by atoms with van der Waals surface area (Å²) in [6.45, 7) is 0. The standard InChI is InChI=1S/C5H5N.C4H3Cl2NS/c1-2-4-6-5-3-1;5-1-3-2-7-4(6)8-3/h1-5H;2H,1H2. The molecule has 2 aromatic heterocycles. The summed E-state index contributed by atoms with van der Waals surface area (Å²) in [6.07, 6.45) is 5.18. The van der Waals surface area contributed by atoms with Gasteiger partial charge in [-0.2, -0.15) is 0 Å². The van der Waals surface area contributed by atoms with E-state index in [4.69, 9.17) is 23.2 Å². The molecule has 2 nitrogen and oxygen atoms in total. The number of pyridine rings is 1. The van der Waals surface area contributed by atoms with E-state index in [0.717, 1.165) is 4.88 Å². The van der Waals surface area contributed by atoms with Crippen molar-refractivity contribution < 1.29 is 0 Å². The van der Waals surface area contributed by atoms with E-state index in [-0.39, 0.29) is 0 Å². The maximum absolute atomic E-state index is 5.49. The van der Waals surface area contributed by atoms with Gasteiger partial charge in [-0.3, -0.25) is 4.98 Å². The van der Waals surface area contributed by atoms with Crippen molar-refractivity contribution >= 4 is 34.5 Å². The SMILES string of the molecule is ClCc1cnc(Cl)s1.c1ccncc1. The molecule has 2 aromatic rings. The Morgan fingerprint density at radius 1 is 1.21 bits per heavy atom. The molecule has 0 aromatic carbocycles. The minimum absolute atomic E-state index is 0.504. The summed E-state index contributed by atoms with van der Waals surface area (Å²) in [6, 6.07) is 5.72. The summed E-state index contributed by atoms with van der Waals surface area (Å²) in [5.74, 6) is 0.504. The van der Waals surface area contributed by atoms with Crippen LogP contribution in [-0.4, -0.2) is 9.97 Å². The van der Waals surface area contributed by atoms with Gasteiger partial charge >= 0.3 is 0 Å². The van der Waals surface area contributed by atoms with E-state index in [1.807, 2.05) is 18.2 Å². The van der Waals surface area contributed by atoms with Gasteiger partial charge in [-0.15, -0.1) is 22.9 Å². The molecule has 5 heteroatoms. The molecule has 0 atom stereocenters. The molecule has 0 unspecified atom stereocenters. The molecule has 0 aliphatic rings. The fourth-order valence-electron chi connectivity index (χ4n) is 0.658. The predicted molar refractivity (Wildman–Crippen MR) is 60.9 cm³/mol. The minimum atomic E-state index is 0.504. The first kappa shape index (κ1) is 11.4. The zero-order valence-electron chi connectivity index (χ0n) is 7.23. The van der Waals surface area contributed by atoms with Crippen LogP contribution in [0, 0.1) is 0 Å². The lowest BCUT2D eigenvalue weighted by atomic mass is 10.5. The van der Waals surface area contributed by atoms with Gasteiger partial charge in [0.15, 0.2) is 4.47 Å². The lowest BCUT2D eigenvalue weighted by molar-refractivity contribution is 1.33. The van der Waals surface area contributed by atoms with Gasteiger partial charge in [0, 0.05) is 23.5 Å². The van der Waals surface area contributed by atoms with Crippen LogP contribution in [0.15, 0.2) is 36.8 Å². The summed E-state index contributed by atoms with van der Waals surface area (Å²) in [7, 11) is 0. The number of thiazole rings is 1. The Labute approximate surface area is 96.5 Å². The van der Waals surface area contributed by atoms with Crippen LogP contribution >= 0.6 is 34.5 Å². The molecular formula is C9H8Cl2N2S. The molecule has 2 rings (SSSR count). The third kappa shape index (κ3) is 4.56. The van der Waals surface area contributed by atoms with Crippen LogP contribution in [0.1, 0.15) is 4.88 Å². The van der Waals surface area contributed by atoms with E-state index in [1.165, 1.54) is 11.3 Å². The second-order valence-electron chi connectivity index (χ2n) is 2.24. The van der Waals surface area contributed by atoms with Gasteiger partial charge < -0.3 is 0 Å². The number of hydrogen-bond acceptors (Lipinski definition) is 3. The maximum Gasteiger partial charge on any atom is 0.183 e. The van der Waals surface area contributed by atoms with Crippen molar-refractivity contribution in [1.29, 1.82) is 0 Å². The van der Waals surface area contributed by atoms with Gasteiger partial charge in [-0.1, -0.05) is 17.7 Å². The van der Waals surface area contributed by atoms with E-state index in [2.05, 4.69) is 9.97 Å². The van der Waals surface area contributed by atoms with Crippen LogP contribution < -0.4 is 0 Å². The van der Waals surface area contributed by atoms with Crippen LogP contribution in [0.3, 0.4) is 0 Å². The molecule has 14 heavy (non-hydrogen) atoms. The van der Waals surface area contributed by atoms with E-state index in [1.54, 1.807) is 18.6 Å². The first-order valence-electron chi connectivity index (χ1n) is 3.84. The van der Waals surface area contributed by atoms with E-state index < -0.39 is 0 Å². The number of rotatable bonds is 1. The van der Waals surface area contributed by atoms with E-state index in [0.29, 0.717) is 10.3 Å². The molecule has 0 radical (unpaired) electrons. The van der Waals surface area contributed by atoms with Crippen LogP contribution in [0.25, 0.3) is 0 Å². The Balaban J connectivity index is 0.000000146. The van der Waals surface area contributed by atoms with Gasteiger partial charge in [0.1, 0.15) is 0 Å². The fraction of sp³-hybridized carbons (Fsp3) is 0.111. The van der Waals surface area contributed by atoms with Crippen molar-refractivity contribution in [3.63, 3.8) is 0 Å². The van der Waals surface area contributed by atoms with Gasteiger partial charge in [0.25, 0.3) is 0 Å². The monoisotopic (exact) mass is 246 g/mol. The Bertz CT molecular complexity index is 324.